The minimum absolute atomic E-state index is 0.0461. The first-order valence-electron chi connectivity index (χ1n) is 4.93. The van der Waals surface area contributed by atoms with Gasteiger partial charge in [0.25, 0.3) is 0 Å². The van der Waals surface area contributed by atoms with Crippen molar-refractivity contribution in [3.63, 3.8) is 0 Å². The van der Waals surface area contributed by atoms with Gasteiger partial charge in [0.15, 0.2) is 11.5 Å². The molecule has 0 aliphatic carbocycles. The van der Waals surface area contributed by atoms with E-state index in [1.165, 1.54) is 11.7 Å². The van der Waals surface area contributed by atoms with Gasteiger partial charge in [-0.05, 0) is 0 Å². The van der Waals surface area contributed by atoms with Gasteiger partial charge in [-0.2, -0.15) is 9.90 Å². The minimum atomic E-state index is -0.166. The molecule has 0 N–H and O–H groups in total. The fourth-order valence-corrected chi connectivity index (χ4v) is 1.29. The van der Waals surface area contributed by atoms with Crippen LogP contribution < -0.4 is 0 Å². The van der Waals surface area contributed by atoms with Crippen molar-refractivity contribution in [3.8, 4) is 0 Å². The van der Waals surface area contributed by atoms with Crippen molar-refractivity contribution in [2.24, 2.45) is 0 Å². The van der Waals surface area contributed by atoms with Crippen LogP contribution >= 0.6 is 0 Å². The quantitative estimate of drug-likeness (QED) is 0.562. The lowest BCUT2D eigenvalue weighted by Gasteiger charge is -2.15. The van der Waals surface area contributed by atoms with Crippen molar-refractivity contribution >= 4 is 5.78 Å². The standard InChI is InChI=1S/C11H17N3O/c1-6-7-14-12-9(8(2)15)10(13-14)11(3,4)5/h6H,1,7H2,2-5H3. The Bertz CT molecular complexity index is 385. The minimum Gasteiger partial charge on any atom is -0.293 e. The van der Waals surface area contributed by atoms with Gasteiger partial charge in [0, 0.05) is 12.3 Å². The van der Waals surface area contributed by atoms with Crippen LogP contribution in [-0.4, -0.2) is 20.8 Å². The van der Waals surface area contributed by atoms with E-state index in [9.17, 15) is 4.79 Å². The summed E-state index contributed by atoms with van der Waals surface area (Å²) in [6.07, 6.45) is 1.70. The lowest BCUT2D eigenvalue weighted by molar-refractivity contribution is 0.101. The number of carbonyl (C=O) groups is 1. The van der Waals surface area contributed by atoms with Crippen molar-refractivity contribution in [1.29, 1.82) is 0 Å². The molecular formula is C11H17N3O. The first-order valence-corrected chi connectivity index (χ1v) is 4.93. The van der Waals surface area contributed by atoms with E-state index in [-0.39, 0.29) is 11.2 Å². The maximum Gasteiger partial charge on any atom is 0.181 e. The number of carbonyl (C=O) groups excluding carboxylic acids is 1. The Morgan fingerprint density at radius 3 is 2.40 bits per heavy atom. The molecule has 0 aliphatic heterocycles. The molecule has 0 amide bonds. The Morgan fingerprint density at radius 2 is 2.07 bits per heavy atom. The maximum absolute atomic E-state index is 11.4. The summed E-state index contributed by atoms with van der Waals surface area (Å²) >= 11 is 0. The van der Waals surface area contributed by atoms with E-state index in [0.717, 1.165) is 5.69 Å². The summed E-state index contributed by atoms with van der Waals surface area (Å²) in [5, 5.41) is 8.46. The first kappa shape index (κ1) is 11.6. The lowest BCUT2D eigenvalue weighted by Crippen LogP contribution is -2.16. The summed E-state index contributed by atoms with van der Waals surface area (Å²) in [7, 11) is 0. The third-order valence-electron chi connectivity index (χ3n) is 1.99. The number of aromatic nitrogens is 3. The van der Waals surface area contributed by atoms with Gasteiger partial charge >= 0.3 is 0 Å². The fourth-order valence-electron chi connectivity index (χ4n) is 1.29. The van der Waals surface area contributed by atoms with Crippen molar-refractivity contribution < 1.29 is 4.79 Å². The third-order valence-corrected chi connectivity index (χ3v) is 1.99. The molecule has 0 radical (unpaired) electrons. The largest absolute Gasteiger partial charge is 0.293 e. The summed E-state index contributed by atoms with van der Waals surface area (Å²) in [6, 6.07) is 0. The Kier molecular flexibility index (Phi) is 3.07. The van der Waals surface area contributed by atoms with E-state index in [1.54, 1.807) is 6.08 Å². The highest BCUT2D eigenvalue weighted by Gasteiger charge is 2.25. The van der Waals surface area contributed by atoms with E-state index in [0.29, 0.717) is 12.2 Å². The summed E-state index contributed by atoms with van der Waals surface area (Å²) < 4.78 is 0. The average Bonchev–Trinajstić information content (AvgIpc) is 2.48. The van der Waals surface area contributed by atoms with Gasteiger partial charge in [0.2, 0.25) is 0 Å². The number of hydrogen-bond acceptors (Lipinski definition) is 3. The zero-order chi connectivity index (χ0) is 11.6. The van der Waals surface area contributed by atoms with Crippen molar-refractivity contribution in [3.05, 3.63) is 24.0 Å². The van der Waals surface area contributed by atoms with Crippen LogP contribution in [0.5, 0.6) is 0 Å². The van der Waals surface area contributed by atoms with Crippen molar-refractivity contribution in [2.45, 2.75) is 39.7 Å². The van der Waals surface area contributed by atoms with E-state index in [2.05, 4.69) is 16.8 Å². The van der Waals surface area contributed by atoms with E-state index in [4.69, 9.17) is 0 Å². The SMILES string of the molecule is C=CCn1nc(C(C)=O)c(C(C)(C)C)n1. The molecule has 0 unspecified atom stereocenters. The van der Waals surface area contributed by atoms with Gasteiger partial charge in [-0.15, -0.1) is 11.7 Å². The van der Waals surface area contributed by atoms with Gasteiger partial charge in [-0.3, -0.25) is 4.79 Å². The van der Waals surface area contributed by atoms with Crippen molar-refractivity contribution in [2.75, 3.05) is 0 Å². The molecule has 1 aromatic heterocycles. The monoisotopic (exact) mass is 207 g/mol. The predicted octanol–water partition coefficient (Wildman–Crippen LogP) is 1.96. The molecule has 0 aliphatic rings. The second-order valence-electron chi connectivity index (χ2n) is 4.55. The fraction of sp³-hybridized carbons (Fsp3) is 0.545. The highest BCUT2D eigenvalue weighted by atomic mass is 16.1. The van der Waals surface area contributed by atoms with Crippen LogP contribution in [0.25, 0.3) is 0 Å². The first-order chi connectivity index (χ1) is 6.86. The topological polar surface area (TPSA) is 47.8 Å². The average molecular weight is 207 g/mol. The van der Waals surface area contributed by atoms with Crippen molar-refractivity contribution in [1.82, 2.24) is 15.0 Å². The highest BCUT2D eigenvalue weighted by molar-refractivity contribution is 5.93. The van der Waals surface area contributed by atoms with Crippen LogP contribution in [0.2, 0.25) is 0 Å². The summed E-state index contributed by atoms with van der Waals surface area (Å²) in [5.41, 5.74) is 1.04. The molecular weight excluding hydrogens is 190 g/mol. The molecule has 0 saturated heterocycles. The summed E-state index contributed by atoms with van der Waals surface area (Å²) in [4.78, 5) is 12.9. The van der Waals surface area contributed by atoms with Crippen LogP contribution in [0.3, 0.4) is 0 Å². The number of allylic oxidation sites excluding steroid dienone is 1. The predicted molar refractivity (Wildman–Crippen MR) is 58.9 cm³/mol. The zero-order valence-electron chi connectivity index (χ0n) is 9.74. The Hall–Kier alpha value is -1.45. The second-order valence-corrected chi connectivity index (χ2v) is 4.55. The molecule has 1 rings (SSSR count). The molecule has 1 aromatic rings. The van der Waals surface area contributed by atoms with Crippen LogP contribution in [0.15, 0.2) is 12.7 Å². The lowest BCUT2D eigenvalue weighted by atomic mass is 9.90. The van der Waals surface area contributed by atoms with E-state index >= 15 is 0 Å². The van der Waals surface area contributed by atoms with Gasteiger partial charge in [-0.25, -0.2) is 0 Å². The van der Waals surface area contributed by atoms with Gasteiger partial charge in [0.05, 0.1) is 12.2 Å². The Balaban J connectivity index is 3.23. The third kappa shape index (κ3) is 2.52. The number of hydrogen-bond donors (Lipinski definition) is 0. The molecule has 0 fully saturated rings. The normalized spacial score (nSPS) is 11.5. The molecule has 4 heteroatoms. The maximum atomic E-state index is 11.4. The Labute approximate surface area is 90.0 Å². The van der Waals surface area contributed by atoms with Gasteiger partial charge in [-0.1, -0.05) is 26.8 Å². The molecule has 0 bridgehead atoms. The number of Topliss-reactive ketones (excluding diaryl/α,β-unsaturated/α-hetero) is 1. The number of nitrogens with zero attached hydrogens (tertiary/aromatic N) is 3. The number of rotatable bonds is 3. The van der Waals surface area contributed by atoms with E-state index in [1.807, 2.05) is 20.8 Å². The number of ketones is 1. The highest BCUT2D eigenvalue weighted by Crippen LogP contribution is 2.22. The van der Waals surface area contributed by atoms with Crippen LogP contribution in [-0.2, 0) is 12.0 Å². The Morgan fingerprint density at radius 1 is 1.47 bits per heavy atom. The van der Waals surface area contributed by atoms with Crippen LogP contribution in [0.1, 0.15) is 43.9 Å². The van der Waals surface area contributed by atoms with E-state index < -0.39 is 0 Å². The molecule has 0 spiro atoms. The van der Waals surface area contributed by atoms with Gasteiger partial charge in [0.1, 0.15) is 0 Å². The molecule has 0 saturated carbocycles. The second kappa shape index (κ2) is 3.96. The molecule has 0 atom stereocenters. The molecule has 1 heterocycles. The van der Waals surface area contributed by atoms with Gasteiger partial charge < -0.3 is 0 Å². The molecule has 0 aromatic carbocycles. The molecule has 4 nitrogen and oxygen atoms in total. The zero-order valence-corrected chi connectivity index (χ0v) is 9.74. The summed E-state index contributed by atoms with van der Waals surface area (Å²) in [5.74, 6) is -0.0461. The molecule has 82 valence electrons. The molecule has 15 heavy (non-hydrogen) atoms. The van der Waals surface area contributed by atoms with Crippen LogP contribution in [0.4, 0.5) is 0 Å². The van der Waals surface area contributed by atoms with Crippen LogP contribution in [0, 0.1) is 0 Å². The summed E-state index contributed by atoms with van der Waals surface area (Å²) in [6.45, 7) is 11.7. The smallest absolute Gasteiger partial charge is 0.181 e.